The van der Waals surface area contributed by atoms with Gasteiger partial charge in [-0.05, 0) is 43.2 Å². The zero-order valence-electron chi connectivity index (χ0n) is 22.1. The first kappa shape index (κ1) is 29.8. The first-order chi connectivity index (χ1) is 16.3. The van der Waals surface area contributed by atoms with Crippen molar-refractivity contribution in [1.82, 2.24) is 0 Å². The van der Waals surface area contributed by atoms with E-state index in [1.54, 1.807) is 24.3 Å². The summed E-state index contributed by atoms with van der Waals surface area (Å²) in [6, 6.07) is 8.03. The van der Waals surface area contributed by atoms with Crippen molar-refractivity contribution in [3.05, 3.63) is 42.5 Å². The highest BCUT2D eigenvalue weighted by Crippen LogP contribution is 2.50. The molecule has 5 nitrogen and oxygen atoms in total. The maximum Gasteiger partial charge on any atom is 0.297 e. The number of rotatable bonds is 12. The van der Waals surface area contributed by atoms with E-state index in [-0.39, 0.29) is 39.0 Å². The summed E-state index contributed by atoms with van der Waals surface area (Å²) in [4.78, 5) is 26.5. The lowest BCUT2D eigenvalue weighted by atomic mass is 9.69. The second-order valence-corrected chi connectivity index (χ2v) is 14.6. The molecular weight excluding hydrogens is 480 g/mol. The van der Waals surface area contributed by atoms with Crippen LogP contribution in [-0.4, -0.2) is 30.7 Å². The number of benzene rings is 1. The van der Waals surface area contributed by atoms with Gasteiger partial charge in [-0.3, -0.25) is 13.8 Å². The van der Waals surface area contributed by atoms with Crippen LogP contribution in [0.3, 0.4) is 0 Å². The molecule has 1 aromatic rings. The lowest BCUT2D eigenvalue weighted by Crippen LogP contribution is -2.36. The van der Waals surface area contributed by atoms with E-state index >= 15 is 0 Å². The summed E-state index contributed by atoms with van der Waals surface area (Å²) in [5, 5.41) is 0.188. The van der Waals surface area contributed by atoms with Crippen LogP contribution < -0.4 is 0 Å². The number of carbonyl (C=O) groups excluding carboxylic acids is 2. The van der Waals surface area contributed by atoms with Gasteiger partial charge in [-0.1, -0.05) is 96.5 Å². The highest BCUT2D eigenvalue weighted by atomic mass is 32.2. The van der Waals surface area contributed by atoms with E-state index in [1.165, 1.54) is 23.9 Å². The minimum Gasteiger partial charge on any atom is -0.299 e. The molecule has 0 bridgehead atoms. The fraction of sp³-hybridized carbons (Fsp3) is 0.643. The Kier molecular flexibility index (Phi) is 10.8. The average Bonchev–Trinajstić information content (AvgIpc) is 3.04. The van der Waals surface area contributed by atoms with Gasteiger partial charge in [0.1, 0.15) is 5.78 Å². The number of Topliss-reactive ketones (excluding diaryl/α,β-unsaturated/α-hetero) is 1. The van der Waals surface area contributed by atoms with Crippen molar-refractivity contribution < 1.29 is 22.2 Å². The highest BCUT2D eigenvalue weighted by molar-refractivity contribution is 8.14. The van der Waals surface area contributed by atoms with Crippen molar-refractivity contribution in [1.29, 1.82) is 0 Å². The fourth-order valence-corrected chi connectivity index (χ4v) is 6.72. The van der Waals surface area contributed by atoms with Crippen LogP contribution in [0.25, 0.3) is 0 Å². The second-order valence-electron chi connectivity index (χ2n) is 11.2. The molecule has 0 amide bonds. The molecule has 0 spiro atoms. The van der Waals surface area contributed by atoms with Gasteiger partial charge in [0.15, 0.2) is 5.12 Å². The van der Waals surface area contributed by atoms with E-state index in [0.717, 1.165) is 25.7 Å². The number of ketones is 1. The summed E-state index contributed by atoms with van der Waals surface area (Å²) in [7, 11) is -3.82. The molecule has 1 fully saturated rings. The van der Waals surface area contributed by atoms with Crippen LogP contribution in [0.2, 0.25) is 0 Å². The van der Waals surface area contributed by atoms with Gasteiger partial charge in [-0.15, -0.1) is 0 Å². The summed E-state index contributed by atoms with van der Waals surface area (Å²) < 4.78 is 29.5. The van der Waals surface area contributed by atoms with E-state index in [1.807, 2.05) is 33.8 Å². The lowest BCUT2D eigenvalue weighted by molar-refractivity contribution is -0.128. The Labute approximate surface area is 216 Å². The zero-order chi connectivity index (χ0) is 26.3. The predicted octanol–water partition coefficient (Wildman–Crippen LogP) is 6.82. The van der Waals surface area contributed by atoms with E-state index < -0.39 is 15.5 Å². The molecule has 0 N–H and O–H groups in total. The van der Waals surface area contributed by atoms with Crippen LogP contribution in [0, 0.1) is 23.2 Å². The van der Waals surface area contributed by atoms with Crippen molar-refractivity contribution in [3.8, 4) is 0 Å². The van der Waals surface area contributed by atoms with Crippen molar-refractivity contribution >= 4 is 32.8 Å². The quantitative estimate of drug-likeness (QED) is 0.221. The number of allylic oxidation sites excluding steroid dienone is 1. The summed E-state index contributed by atoms with van der Waals surface area (Å²) in [5.74, 6) is 0.598. The van der Waals surface area contributed by atoms with Gasteiger partial charge in [0, 0.05) is 22.5 Å². The molecule has 0 aliphatic heterocycles. The first-order valence-electron chi connectivity index (χ1n) is 12.6. The van der Waals surface area contributed by atoms with Gasteiger partial charge in [-0.25, -0.2) is 0 Å². The molecule has 0 unspecified atom stereocenters. The molecule has 0 saturated heterocycles. The molecule has 0 radical (unpaired) electrons. The topological polar surface area (TPSA) is 77.5 Å². The monoisotopic (exact) mass is 522 g/mol. The SMILES string of the molecule is CC(C)CCC[C@@H](C(=O)SC(C)(C)C)[C@H]1CCC(=O)[C@]1(C)C/C=C/COS(=O)(=O)c1ccccc1. The summed E-state index contributed by atoms with van der Waals surface area (Å²) in [5.41, 5.74) is -0.634. The number of hydrogen-bond acceptors (Lipinski definition) is 6. The summed E-state index contributed by atoms with van der Waals surface area (Å²) in [6.45, 7) is 12.4. The maximum atomic E-state index is 13.4. The third kappa shape index (κ3) is 8.87. The molecule has 35 heavy (non-hydrogen) atoms. The molecular formula is C28H42O5S2. The number of carbonyl (C=O) groups is 2. The molecule has 196 valence electrons. The molecule has 2 rings (SSSR count). The molecule has 1 aliphatic carbocycles. The van der Waals surface area contributed by atoms with E-state index in [2.05, 4.69) is 13.8 Å². The molecule has 3 atom stereocenters. The Balaban J connectivity index is 2.11. The third-order valence-corrected chi connectivity index (χ3v) is 9.10. The van der Waals surface area contributed by atoms with Crippen LogP contribution in [0.5, 0.6) is 0 Å². The standard InChI is InChI=1S/C28H42O5S2/c1-21(2)13-12-16-23(26(30)34-27(3,4)5)24-17-18-25(29)28(24,6)19-10-11-20-33-35(31,32)22-14-8-7-9-15-22/h7-11,14-15,21,23-24H,12-13,16-20H2,1-6H3/b11-10+/t23-,24-,28-/m1/s1. The van der Waals surface area contributed by atoms with E-state index in [9.17, 15) is 18.0 Å². The maximum absolute atomic E-state index is 13.4. The lowest BCUT2D eigenvalue weighted by Gasteiger charge is -2.35. The van der Waals surface area contributed by atoms with Crippen molar-refractivity contribution in [3.63, 3.8) is 0 Å². The Morgan fingerprint density at radius 2 is 1.83 bits per heavy atom. The van der Waals surface area contributed by atoms with Gasteiger partial charge in [0.05, 0.1) is 11.5 Å². The zero-order valence-corrected chi connectivity index (χ0v) is 23.7. The molecule has 1 aliphatic rings. The molecule has 1 aromatic carbocycles. The average molecular weight is 523 g/mol. The van der Waals surface area contributed by atoms with Crippen LogP contribution in [-0.2, 0) is 23.9 Å². The second kappa shape index (κ2) is 12.7. The van der Waals surface area contributed by atoms with E-state index in [4.69, 9.17) is 4.18 Å². The minimum atomic E-state index is -3.82. The third-order valence-electron chi connectivity index (χ3n) is 6.69. The van der Waals surface area contributed by atoms with Gasteiger partial charge >= 0.3 is 0 Å². The summed E-state index contributed by atoms with van der Waals surface area (Å²) in [6.07, 6.45) is 8.02. The smallest absolute Gasteiger partial charge is 0.297 e. The van der Waals surface area contributed by atoms with Crippen molar-refractivity contribution in [2.75, 3.05) is 6.61 Å². The van der Waals surface area contributed by atoms with Gasteiger partial charge in [-0.2, -0.15) is 8.42 Å². The van der Waals surface area contributed by atoms with Crippen LogP contribution in [0.15, 0.2) is 47.4 Å². The van der Waals surface area contributed by atoms with Crippen LogP contribution in [0.1, 0.15) is 80.1 Å². The fourth-order valence-electron chi connectivity index (χ4n) is 4.79. The largest absolute Gasteiger partial charge is 0.299 e. The summed E-state index contributed by atoms with van der Waals surface area (Å²) >= 11 is 1.39. The Hall–Kier alpha value is -1.44. The van der Waals surface area contributed by atoms with E-state index in [0.29, 0.717) is 18.8 Å². The Morgan fingerprint density at radius 1 is 1.17 bits per heavy atom. The molecule has 0 aromatic heterocycles. The predicted molar refractivity (Wildman–Crippen MR) is 144 cm³/mol. The normalized spacial score (nSPS) is 22.3. The van der Waals surface area contributed by atoms with Crippen molar-refractivity contribution in [2.45, 2.75) is 89.7 Å². The molecule has 0 heterocycles. The van der Waals surface area contributed by atoms with Crippen LogP contribution >= 0.6 is 11.8 Å². The number of thioether (sulfide) groups is 1. The van der Waals surface area contributed by atoms with Gasteiger partial charge in [0.25, 0.3) is 10.1 Å². The first-order valence-corrected chi connectivity index (χ1v) is 14.8. The highest BCUT2D eigenvalue weighted by Gasteiger charge is 2.50. The van der Waals surface area contributed by atoms with Gasteiger partial charge in [0.2, 0.25) is 0 Å². The number of hydrogen-bond donors (Lipinski definition) is 0. The van der Waals surface area contributed by atoms with Gasteiger partial charge < -0.3 is 0 Å². The van der Waals surface area contributed by atoms with Crippen LogP contribution in [0.4, 0.5) is 0 Å². The Bertz CT molecular complexity index is 976. The van der Waals surface area contributed by atoms with Crippen molar-refractivity contribution in [2.24, 2.45) is 23.2 Å². The molecule has 1 saturated carbocycles. The minimum absolute atomic E-state index is 0.0110. The Morgan fingerprint density at radius 3 is 2.43 bits per heavy atom. The molecule has 7 heteroatoms.